The maximum atomic E-state index is 11.7. The largest absolute Gasteiger partial charge is 0.478 e. The van der Waals surface area contributed by atoms with Gasteiger partial charge < -0.3 is 14.4 Å². The van der Waals surface area contributed by atoms with Gasteiger partial charge >= 0.3 is 11.6 Å². The summed E-state index contributed by atoms with van der Waals surface area (Å²) < 4.78 is 5.38. The highest BCUT2D eigenvalue weighted by Crippen LogP contribution is 2.28. The second kappa shape index (κ2) is 7.04. The van der Waals surface area contributed by atoms with Crippen LogP contribution < -0.4 is 10.5 Å². The lowest BCUT2D eigenvalue weighted by Crippen LogP contribution is -2.23. The fourth-order valence-corrected chi connectivity index (χ4v) is 3.14. The van der Waals surface area contributed by atoms with E-state index in [1.807, 2.05) is 38.1 Å². The van der Waals surface area contributed by atoms with E-state index in [1.165, 1.54) is 6.07 Å². The van der Waals surface area contributed by atoms with E-state index >= 15 is 0 Å². The zero-order valence-electron chi connectivity index (χ0n) is 15.1. The molecule has 5 nitrogen and oxygen atoms in total. The Hall–Kier alpha value is -3.08. The number of nitrogens with zero attached hydrogens (tertiary/aromatic N) is 1. The van der Waals surface area contributed by atoms with Crippen LogP contribution in [-0.2, 0) is 6.54 Å². The van der Waals surface area contributed by atoms with Crippen molar-refractivity contribution in [2.75, 3.05) is 11.4 Å². The number of fused-ring (bicyclic) bond motifs is 1. The van der Waals surface area contributed by atoms with Crippen molar-refractivity contribution in [1.29, 1.82) is 0 Å². The van der Waals surface area contributed by atoms with Crippen molar-refractivity contribution in [3.05, 3.63) is 75.1 Å². The molecule has 5 heteroatoms. The second-order valence-corrected chi connectivity index (χ2v) is 6.40. The number of hydrogen-bond acceptors (Lipinski definition) is 4. The van der Waals surface area contributed by atoms with Gasteiger partial charge in [0.2, 0.25) is 0 Å². The SMILES string of the molecule is CCN(Cc1ccc(C(=O)O)cc1)c1cc2oc(=O)cc(C)c2cc1C. The Bertz CT molecular complexity index is 1020. The number of rotatable bonds is 5. The van der Waals surface area contributed by atoms with Gasteiger partial charge in [0.05, 0.1) is 5.56 Å². The summed E-state index contributed by atoms with van der Waals surface area (Å²) in [5, 5.41) is 9.95. The van der Waals surface area contributed by atoms with Gasteiger partial charge in [0.1, 0.15) is 5.58 Å². The van der Waals surface area contributed by atoms with Crippen molar-refractivity contribution in [1.82, 2.24) is 0 Å². The summed E-state index contributed by atoms with van der Waals surface area (Å²) in [4.78, 5) is 24.9. The standard InChI is InChI=1S/C21H21NO4/c1-4-22(12-15-5-7-16(8-6-15)21(24)25)18-11-19-17(9-14(18)3)13(2)10-20(23)26-19/h5-11H,4,12H2,1-3H3,(H,24,25). The number of benzene rings is 2. The van der Waals surface area contributed by atoms with Gasteiger partial charge in [-0.3, -0.25) is 0 Å². The first-order valence-corrected chi connectivity index (χ1v) is 8.51. The van der Waals surface area contributed by atoms with E-state index in [0.29, 0.717) is 12.1 Å². The van der Waals surface area contributed by atoms with Crippen LogP contribution in [0.25, 0.3) is 11.0 Å². The number of aromatic carboxylic acids is 1. The van der Waals surface area contributed by atoms with Gasteiger partial charge in [-0.25, -0.2) is 9.59 Å². The molecule has 2 aromatic carbocycles. The molecule has 1 heterocycles. The summed E-state index contributed by atoms with van der Waals surface area (Å²) in [5.41, 5.74) is 4.51. The van der Waals surface area contributed by atoms with Crippen molar-refractivity contribution in [2.45, 2.75) is 27.3 Å². The topological polar surface area (TPSA) is 70.8 Å². The first-order valence-electron chi connectivity index (χ1n) is 8.51. The molecule has 134 valence electrons. The number of aryl methyl sites for hydroxylation is 2. The lowest BCUT2D eigenvalue weighted by molar-refractivity contribution is 0.0697. The Morgan fingerprint density at radius 3 is 2.38 bits per heavy atom. The summed E-state index contributed by atoms with van der Waals surface area (Å²) in [6.07, 6.45) is 0. The maximum absolute atomic E-state index is 11.7. The molecule has 0 atom stereocenters. The number of hydrogen-bond donors (Lipinski definition) is 1. The van der Waals surface area contributed by atoms with Gasteiger partial charge in [-0.2, -0.15) is 0 Å². The lowest BCUT2D eigenvalue weighted by Gasteiger charge is -2.25. The zero-order chi connectivity index (χ0) is 18.8. The van der Waals surface area contributed by atoms with Crippen LogP contribution >= 0.6 is 0 Å². The average Bonchev–Trinajstić information content (AvgIpc) is 2.60. The molecule has 26 heavy (non-hydrogen) atoms. The van der Waals surface area contributed by atoms with Crippen molar-refractivity contribution in [3.8, 4) is 0 Å². The molecule has 0 saturated heterocycles. The minimum atomic E-state index is -0.931. The molecule has 1 aromatic heterocycles. The Labute approximate surface area is 151 Å². The van der Waals surface area contributed by atoms with Gasteiger partial charge in [-0.05, 0) is 55.7 Å². The highest BCUT2D eigenvalue weighted by atomic mass is 16.4. The van der Waals surface area contributed by atoms with E-state index in [2.05, 4.69) is 11.8 Å². The fraction of sp³-hybridized carbons (Fsp3) is 0.238. The molecule has 0 aliphatic heterocycles. The Balaban J connectivity index is 1.98. The van der Waals surface area contributed by atoms with Crippen LogP contribution in [0.5, 0.6) is 0 Å². The molecule has 0 aliphatic rings. The van der Waals surface area contributed by atoms with Crippen LogP contribution in [0, 0.1) is 13.8 Å². The fourth-order valence-electron chi connectivity index (χ4n) is 3.14. The normalized spacial score (nSPS) is 10.9. The van der Waals surface area contributed by atoms with Gasteiger partial charge in [0.15, 0.2) is 0 Å². The molecule has 0 bridgehead atoms. The molecule has 3 aromatic rings. The summed E-state index contributed by atoms with van der Waals surface area (Å²) in [6.45, 7) is 7.40. The highest BCUT2D eigenvalue weighted by Gasteiger charge is 2.13. The third kappa shape index (κ3) is 3.47. The molecule has 0 aliphatic carbocycles. The molecule has 3 rings (SSSR count). The molecular weight excluding hydrogens is 330 g/mol. The number of carboxylic acids is 1. The second-order valence-electron chi connectivity index (χ2n) is 6.40. The van der Waals surface area contributed by atoms with Crippen molar-refractivity contribution in [2.24, 2.45) is 0 Å². The molecule has 0 amide bonds. The van der Waals surface area contributed by atoms with E-state index in [4.69, 9.17) is 9.52 Å². The minimum Gasteiger partial charge on any atom is -0.478 e. The molecule has 0 fully saturated rings. The number of carbonyl (C=O) groups is 1. The molecular formula is C21H21NO4. The molecule has 0 saturated carbocycles. The van der Waals surface area contributed by atoms with E-state index in [1.54, 1.807) is 12.1 Å². The van der Waals surface area contributed by atoms with E-state index < -0.39 is 5.97 Å². The molecule has 0 spiro atoms. The quantitative estimate of drug-likeness (QED) is 0.700. The van der Waals surface area contributed by atoms with Crippen molar-refractivity contribution in [3.63, 3.8) is 0 Å². The van der Waals surface area contributed by atoms with Gasteiger partial charge in [-0.15, -0.1) is 0 Å². The summed E-state index contributed by atoms with van der Waals surface area (Å²) in [6, 6.07) is 12.3. The van der Waals surface area contributed by atoms with Crippen LogP contribution in [0.15, 0.2) is 51.7 Å². The molecule has 0 unspecified atom stereocenters. The zero-order valence-corrected chi connectivity index (χ0v) is 15.1. The number of carboxylic acid groups (broad SMARTS) is 1. The van der Waals surface area contributed by atoms with Crippen LogP contribution in [-0.4, -0.2) is 17.6 Å². The lowest BCUT2D eigenvalue weighted by atomic mass is 10.1. The summed E-state index contributed by atoms with van der Waals surface area (Å²) in [7, 11) is 0. The van der Waals surface area contributed by atoms with E-state index in [0.717, 1.165) is 34.3 Å². The predicted octanol–water partition coefficient (Wildman–Crippen LogP) is 4.13. The average molecular weight is 351 g/mol. The number of anilines is 1. The van der Waals surface area contributed by atoms with E-state index in [9.17, 15) is 9.59 Å². The van der Waals surface area contributed by atoms with E-state index in [-0.39, 0.29) is 11.2 Å². The Morgan fingerprint density at radius 1 is 1.08 bits per heavy atom. The van der Waals surface area contributed by atoms with Crippen LogP contribution in [0.3, 0.4) is 0 Å². The Kier molecular flexibility index (Phi) is 4.80. The molecule has 1 N–H and O–H groups in total. The predicted molar refractivity (Wildman–Crippen MR) is 102 cm³/mol. The summed E-state index contributed by atoms with van der Waals surface area (Å²) >= 11 is 0. The van der Waals surface area contributed by atoms with Crippen LogP contribution in [0.2, 0.25) is 0 Å². The van der Waals surface area contributed by atoms with Gasteiger partial charge in [0.25, 0.3) is 0 Å². The third-order valence-electron chi connectivity index (χ3n) is 4.56. The van der Waals surface area contributed by atoms with Crippen LogP contribution in [0.1, 0.15) is 34.0 Å². The summed E-state index contributed by atoms with van der Waals surface area (Å²) in [5.74, 6) is -0.931. The minimum absolute atomic E-state index is 0.274. The first-order chi connectivity index (χ1) is 12.4. The Morgan fingerprint density at radius 2 is 1.77 bits per heavy atom. The highest BCUT2D eigenvalue weighted by molar-refractivity contribution is 5.87. The third-order valence-corrected chi connectivity index (χ3v) is 4.56. The first kappa shape index (κ1) is 17.7. The van der Waals surface area contributed by atoms with Gasteiger partial charge in [0, 0.05) is 36.3 Å². The monoisotopic (exact) mass is 351 g/mol. The van der Waals surface area contributed by atoms with Gasteiger partial charge in [-0.1, -0.05) is 12.1 Å². The molecule has 0 radical (unpaired) electrons. The van der Waals surface area contributed by atoms with Crippen molar-refractivity contribution < 1.29 is 14.3 Å². The maximum Gasteiger partial charge on any atom is 0.336 e. The smallest absolute Gasteiger partial charge is 0.336 e. The van der Waals surface area contributed by atoms with Crippen LogP contribution in [0.4, 0.5) is 5.69 Å². The van der Waals surface area contributed by atoms with Crippen molar-refractivity contribution >= 4 is 22.6 Å².